The van der Waals surface area contributed by atoms with E-state index in [0.717, 1.165) is 0 Å². The Morgan fingerprint density at radius 1 is 1.37 bits per heavy atom. The highest BCUT2D eigenvalue weighted by Crippen LogP contribution is 2.28. The van der Waals surface area contributed by atoms with Gasteiger partial charge >= 0.3 is 5.97 Å². The normalized spacial score (nSPS) is 30.9. The smallest absolute Gasteiger partial charge is 0.338 e. The molecule has 4 nitrogen and oxygen atoms in total. The van der Waals surface area contributed by atoms with Gasteiger partial charge in [-0.3, -0.25) is 0 Å². The first-order valence-electron chi connectivity index (χ1n) is 6.20. The average Bonchev–Trinajstić information content (AvgIpc) is 2.43. The van der Waals surface area contributed by atoms with Crippen LogP contribution in [0.5, 0.6) is 0 Å². The molecule has 0 radical (unpaired) electrons. The van der Waals surface area contributed by atoms with Crippen LogP contribution in [0, 0.1) is 0 Å². The summed E-state index contributed by atoms with van der Waals surface area (Å²) in [6, 6.07) is 8.95. The van der Waals surface area contributed by atoms with E-state index in [0.29, 0.717) is 12.0 Å². The number of hydrogen-bond acceptors (Lipinski definition) is 4. The van der Waals surface area contributed by atoms with Crippen LogP contribution in [0.2, 0.25) is 0 Å². The Kier molecular flexibility index (Phi) is 4.96. The van der Waals surface area contributed by atoms with Crippen molar-refractivity contribution >= 4 is 21.9 Å². The standard InChI is InChI=1S/C14H17BrO4/c1-9-13(11(15)8-12(17-2)18-9)19-14(16)10-6-4-3-5-7-10/h3-7,9,11-13H,8H2,1-2H3/t9-,11+,12-,13-/m1/s1. The summed E-state index contributed by atoms with van der Waals surface area (Å²) >= 11 is 3.54. The molecular weight excluding hydrogens is 312 g/mol. The lowest BCUT2D eigenvalue weighted by atomic mass is 10.1. The topological polar surface area (TPSA) is 44.8 Å². The molecule has 1 heterocycles. The van der Waals surface area contributed by atoms with E-state index < -0.39 is 0 Å². The molecule has 0 aliphatic carbocycles. The highest BCUT2D eigenvalue weighted by molar-refractivity contribution is 9.09. The van der Waals surface area contributed by atoms with E-state index in [1.165, 1.54) is 0 Å². The lowest BCUT2D eigenvalue weighted by Crippen LogP contribution is -2.47. The maximum atomic E-state index is 12.0. The highest BCUT2D eigenvalue weighted by Gasteiger charge is 2.37. The Balaban J connectivity index is 2.01. The van der Waals surface area contributed by atoms with Gasteiger partial charge in [-0.15, -0.1) is 0 Å². The minimum absolute atomic E-state index is 0.0221. The quantitative estimate of drug-likeness (QED) is 0.632. The van der Waals surface area contributed by atoms with Gasteiger partial charge in [-0.1, -0.05) is 34.1 Å². The summed E-state index contributed by atoms with van der Waals surface area (Å²) in [5.74, 6) is -0.332. The highest BCUT2D eigenvalue weighted by atomic mass is 79.9. The van der Waals surface area contributed by atoms with Gasteiger partial charge in [0.25, 0.3) is 0 Å². The summed E-state index contributed by atoms with van der Waals surface area (Å²) in [5.41, 5.74) is 0.545. The minimum Gasteiger partial charge on any atom is -0.455 e. The second-order valence-electron chi connectivity index (χ2n) is 4.49. The Labute approximate surface area is 121 Å². The van der Waals surface area contributed by atoms with Crippen LogP contribution < -0.4 is 0 Å². The molecule has 1 aromatic rings. The molecular formula is C14H17BrO4. The van der Waals surface area contributed by atoms with Crippen LogP contribution in [-0.2, 0) is 14.2 Å². The summed E-state index contributed by atoms with van der Waals surface area (Å²) in [5, 5.41) is 0. The third-order valence-electron chi connectivity index (χ3n) is 3.12. The van der Waals surface area contributed by atoms with Crippen molar-refractivity contribution in [3.05, 3.63) is 35.9 Å². The predicted molar refractivity (Wildman–Crippen MR) is 74.3 cm³/mol. The maximum Gasteiger partial charge on any atom is 0.338 e. The van der Waals surface area contributed by atoms with E-state index in [1.807, 2.05) is 25.1 Å². The monoisotopic (exact) mass is 328 g/mol. The molecule has 0 saturated carbocycles. The number of benzene rings is 1. The lowest BCUT2D eigenvalue weighted by molar-refractivity contribution is -0.203. The van der Waals surface area contributed by atoms with Crippen LogP contribution in [0.4, 0.5) is 0 Å². The first-order chi connectivity index (χ1) is 9.11. The van der Waals surface area contributed by atoms with Crippen molar-refractivity contribution in [3.8, 4) is 0 Å². The van der Waals surface area contributed by atoms with Gasteiger partial charge < -0.3 is 14.2 Å². The zero-order valence-electron chi connectivity index (χ0n) is 10.9. The van der Waals surface area contributed by atoms with E-state index in [9.17, 15) is 4.79 Å². The van der Waals surface area contributed by atoms with Crippen molar-refractivity contribution in [1.82, 2.24) is 0 Å². The molecule has 0 amide bonds. The Morgan fingerprint density at radius 3 is 2.63 bits per heavy atom. The molecule has 19 heavy (non-hydrogen) atoms. The van der Waals surface area contributed by atoms with Crippen LogP contribution in [0.3, 0.4) is 0 Å². The number of ether oxygens (including phenoxy) is 3. The average molecular weight is 329 g/mol. The van der Waals surface area contributed by atoms with Crippen LogP contribution in [0.25, 0.3) is 0 Å². The fourth-order valence-corrected chi connectivity index (χ4v) is 2.91. The molecule has 0 unspecified atom stereocenters. The maximum absolute atomic E-state index is 12.0. The molecule has 5 heteroatoms. The lowest BCUT2D eigenvalue weighted by Gasteiger charge is -2.36. The first-order valence-corrected chi connectivity index (χ1v) is 7.11. The van der Waals surface area contributed by atoms with Crippen molar-refractivity contribution in [3.63, 3.8) is 0 Å². The summed E-state index contributed by atoms with van der Waals surface area (Å²) in [7, 11) is 1.60. The Bertz CT molecular complexity index is 411. The zero-order valence-corrected chi connectivity index (χ0v) is 12.5. The van der Waals surface area contributed by atoms with E-state index >= 15 is 0 Å². The molecule has 0 bridgehead atoms. The van der Waals surface area contributed by atoms with Gasteiger partial charge in [0.15, 0.2) is 6.29 Å². The summed E-state index contributed by atoms with van der Waals surface area (Å²) < 4.78 is 16.3. The van der Waals surface area contributed by atoms with Crippen LogP contribution >= 0.6 is 15.9 Å². The zero-order chi connectivity index (χ0) is 13.8. The largest absolute Gasteiger partial charge is 0.455 e. The van der Waals surface area contributed by atoms with Gasteiger partial charge in [0.2, 0.25) is 0 Å². The van der Waals surface area contributed by atoms with Crippen molar-refractivity contribution < 1.29 is 19.0 Å². The van der Waals surface area contributed by atoms with Crippen molar-refractivity contribution in [2.75, 3.05) is 7.11 Å². The van der Waals surface area contributed by atoms with Crippen LogP contribution in [0.1, 0.15) is 23.7 Å². The van der Waals surface area contributed by atoms with Crippen molar-refractivity contribution in [2.24, 2.45) is 0 Å². The number of carbonyl (C=O) groups is 1. The summed E-state index contributed by atoms with van der Waals surface area (Å²) in [4.78, 5) is 12.0. The van der Waals surface area contributed by atoms with E-state index in [-0.39, 0.29) is 29.3 Å². The molecule has 0 aromatic heterocycles. The number of carbonyl (C=O) groups excluding carboxylic acids is 1. The number of rotatable bonds is 3. The molecule has 1 aromatic carbocycles. The molecule has 1 saturated heterocycles. The van der Waals surface area contributed by atoms with E-state index in [1.54, 1.807) is 19.2 Å². The number of alkyl halides is 1. The van der Waals surface area contributed by atoms with Gasteiger partial charge in [-0.25, -0.2) is 4.79 Å². The SMILES string of the molecule is CO[C@H]1C[C@H](Br)[C@H](OC(=O)c2ccccc2)[C@@H](C)O1. The summed E-state index contributed by atoms with van der Waals surface area (Å²) in [6.07, 6.45) is -0.144. The van der Waals surface area contributed by atoms with Gasteiger partial charge in [0.05, 0.1) is 16.5 Å². The van der Waals surface area contributed by atoms with Crippen molar-refractivity contribution in [2.45, 2.75) is 36.7 Å². The second-order valence-corrected chi connectivity index (χ2v) is 5.67. The third-order valence-corrected chi connectivity index (χ3v) is 4.01. The van der Waals surface area contributed by atoms with Gasteiger partial charge in [0, 0.05) is 13.5 Å². The molecule has 1 aliphatic rings. The number of methoxy groups -OCH3 is 1. The van der Waals surface area contributed by atoms with Crippen molar-refractivity contribution in [1.29, 1.82) is 0 Å². The molecule has 104 valence electrons. The van der Waals surface area contributed by atoms with E-state index in [4.69, 9.17) is 14.2 Å². The molecule has 2 rings (SSSR count). The Hall–Kier alpha value is -0.910. The summed E-state index contributed by atoms with van der Waals surface area (Å²) in [6.45, 7) is 1.88. The number of hydrogen-bond donors (Lipinski definition) is 0. The number of esters is 1. The fraction of sp³-hybridized carbons (Fsp3) is 0.500. The third kappa shape index (κ3) is 3.55. The molecule has 0 spiro atoms. The van der Waals surface area contributed by atoms with Gasteiger partial charge in [0.1, 0.15) is 6.10 Å². The Morgan fingerprint density at radius 2 is 2.05 bits per heavy atom. The molecule has 1 fully saturated rings. The van der Waals surface area contributed by atoms with E-state index in [2.05, 4.69) is 15.9 Å². The minimum atomic E-state index is -0.332. The number of halogens is 1. The van der Waals surface area contributed by atoms with Gasteiger partial charge in [-0.05, 0) is 19.1 Å². The fourth-order valence-electron chi connectivity index (χ4n) is 2.07. The second kappa shape index (κ2) is 6.50. The van der Waals surface area contributed by atoms with Gasteiger partial charge in [-0.2, -0.15) is 0 Å². The van der Waals surface area contributed by atoms with Crippen LogP contribution in [-0.4, -0.2) is 36.4 Å². The van der Waals surface area contributed by atoms with Crippen LogP contribution in [0.15, 0.2) is 30.3 Å². The predicted octanol–water partition coefficient (Wildman–Crippen LogP) is 2.76. The molecule has 0 N–H and O–H groups in total. The first kappa shape index (κ1) is 14.5. The molecule has 4 atom stereocenters. The molecule has 1 aliphatic heterocycles.